The summed E-state index contributed by atoms with van der Waals surface area (Å²) in [5, 5.41) is 1.19. The molecule has 0 saturated carbocycles. The van der Waals surface area contributed by atoms with Crippen LogP contribution < -0.4 is 14.4 Å². The molecule has 0 fully saturated rings. The Morgan fingerprint density at radius 3 is 2.20 bits per heavy atom. The number of thioether (sulfide) groups is 1. The van der Waals surface area contributed by atoms with Gasteiger partial charge in [0.1, 0.15) is 21.7 Å². The first-order valence-electron chi connectivity index (χ1n) is 11.7. The molecule has 1 aromatic heterocycles. The molecule has 0 spiro atoms. The molecule has 35 heavy (non-hydrogen) atoms. The Kier molecular flexibility index (Phi) is 11.6. The predicted octanol–water partition coefficient (Wildman–Crippen LogP) is 6.15. The van der Waals surface area contributed by atoms with E-state index in [0.717, 1.165) is 41.2 Å². The summed E-state index contributed by atoms with van der Waals surface area (Å²) in [5.41, 5.74) is 1.72. The molecule has 0 unspecified atom stereocenters. The van der Waals surface area contributed by atoms with Gasteiger partial charge in [-0.2, -0.15) is 0 Å². The number of carbonyl (C=O) groups excluding carboxylic acids is 1. The molecule has 1 amide bonds. The molecule has 0 bridgehead atoms. The van der Waals surface area contributed by atoms with Crippen molar-refractivity contribution in [1.82, 2.24) is 9.88 Å². The Bertz CT molecular complexity index is 1040. The van der Waals surface area contributed by atoms with Gasteiger partial charge in [0.2, 0.25) is 5.91 Å². The van der Waals surface area contributed by atoms with Gasteiger partial charge in [-0.15, -0.1) is 24.2 Å². The summed E-state index contributed by atoms with van der Waals surface area (Å²) in [6, 6.07) is 12.0. The fourth-order valence-corrected chi connectivity index (χ4v) is 5.68. The first-order valence-corrected chi connectivity index (χ1v) is 13.4. The van der Waals surface area contributed by atoms with E-state index in [0.29, 0.717) is 29.1 Å². The van der Waals surface area contributed by atoms with Crippen molar-refractivity contribution in [2.24, 2.45) is 0 Å². The van der Waals surface area contributed by atoms with Crippen LogP contribution in [0.4, 0.5) is 5.13 Å². The maximum absolute atomic E-state index is 13.6. The first kappa shape index (κ1) is 29.2. The van der Waals surface area contributed by atoms with Crippen LogP contribution in [0, 0.1) is 0 Å². The molecule has 192 valence electrons. The number of methoxy groups -OCH3 is 2. The molecule has 0 aliphatic rings. The molecule has 3 rings (SSSR count). The Hall–Kier alpha value is -2.00. The van der Waals surface area contributed by atoms with E-state index in [1.54, 1.807) is 14.2 Å². The molecule has 0 aliphatic carbocycles. The predicted molar refractivity (Wildman–Crippen MR) is 151 cm³/mol. The van der Waals surface area contributed by atoms with E-state index in [1.165, 1.54) is 16.2 Å². The van der Waals surface area contributed by atoms with Gasteiger partial charge in [0.05, 0.1) is 20.6 Å². The van der Waals surface area contributed by atoms with E-state index in [-0.39, 0.29) is 18.3 Å². The van der Waals surface area contributed by atoms with Gasteiger partial charge in [0, 0.05) is 23.2 Å². The second kappa shape index (κ2) is 13.9. The molecule has 9 heteroatoms. The van der Waals surface area contributed by atoms with E-state index in [1.807, 2.05) is 28.8 Å². The maximum atomic E-state index is 13.6. The number of likely N-dealkylation sites (N-methyl/N-ethyl adjacent to an activating group) is 1. The summed E-state index contributed by atoms with van der Waals surface area (Å²) in [7, 11) is 3.27. The maximum Gasteiger partial charge on any atom is 0.233 e. The van der Waals surface area contributed by atoms with Gasteiger partial charge in [0.25, 0.3) is 0 Å². The van der Waals surface area contributed by atoms with Crippen LogP contribution in [-0.2, 0) is 11.2 Å². The zero-order chi connectivity index (χ0) is 24.7. The minimum atomic E-state index is 0. The monoisotopic (exact) mass is 537 g/mol. The highest BCUT2D eigenvalue weighted by molar-refractivity contribution is 7.99. The van der Waals surface area contributed by atoms with Crippen LogP contribution in [0.15, 0.2) is 41.3 Å². The van der Waals surface area contributed by atoms with Crippen LogP contribution in [-0.4, -0.2) is 61.4 Å². The number of carbonyl (C=O) groups is 1. The van der Waals surface area contributed by atoms with Crippen molar-refractivity contribution < 1.29 is 14.3 Å². The number of benzene rings is 2. The molecule has 1 heterocycles. The van der Waals surface area contributed by atoms with Gasteiger partial charge in [-0.25, -0.2) is 4.98 Å². The van der Waals surface area contributed by atoms with Crippen molar-refractivity contribution in [2.45, 2.75) is 44.3 Å². The highest BCUT2D eigenvalue weighted by Gasteiger charge is 2.23. The summed E-state index contributed by atoms with van der Waals surface area (Å²) >= 11 is 3.29. The van der Waals surface area contributed by atoms with Crippen LogP contribution in [0.3, 0.4) is 0 Å². The Labute approximate surface area is 223 Å². The van der Waals surface area contributed by atoms with E-state index >= 15 is 0 Å². The number of anilines is 1. The number of fused-ring (bicyclic) bond motifs is 1. The number of nitrogens with zero attached hydrogens (tertiary/aromatic N) is 3. The fourth-order valence-electron chi connectivity index (χ4n) is 3.73. The van der Waals surface area contributed by atoms with Crippen molar-refractivity contribution in [3.05, 3.63) is 42.0 Å². The summed E-state index contributed by atoms with van der Waals surface area (Å²) < 4.78 is 12.0. The third-order valence-electron chi connectivity index (χ3n) is 5.62. The van der Waals surface area contributed by atoms with Gasteiger partial charge >= 0.3 is 0 Å². The first-order chi connectivity index (χ1) is 16.4. The number of aromatic nitrogens is 1. The van der Waals surface area contributed by atoms with Crippen molar-refractivity contribution in [3.63, 3.8) is 0 Å². The van der Waals surface area contributed by atoms with E-state index in [9.17, 15) is 4.79 Å². The highest BCUT2D eigenvalue weighted by Crippen LogP contribution is 2.40. The standard InChI is InChI=1S/C26H35N3O3S2.ClH/c1-7-28(8-2)15-16-29(23(30)17-19-9-11-20(12-10-19)33-18(3)4)26-27-24-21(31-5)13-14-22(32-6)25(24)34-26;/h9-14,18H,7-8,15-17H2,1-6H3;1H. The topological polar surface area (TPSA) is 54.9 Å². The van der Waals surface area contributed by atoms with Gasteiger partial charge in [-0.05, 0) is 42.9 Å². The van der Waals surface area contributed by atoms with Crippen LogP contribution in [0.25, 0.3) is 10.2 Å². The number of halogens is 1. The van der Waals surface area contributed by atoms with E-state index in [4.69, 9.17) is 14.5 Å². The second-order valence-electron chi connectivity index (χ2n) is 8.20. The highest BCUT2D eigenvalue weighted by atomic mass is 35.5. The summed E-state index contributed by atoms with van der Waals surface area (Å²) in [6.45, 7) is 11.9. The van der Waals surface area contributed by atoms with Gasteiger partial charge < -0.3 is 14.4 Å². The molecule has 0 N–H and O–H groups in total. The minimum absolute atomic E-state index is 0. The number of rotatable bonds is 12. The molecule has 2 aromatic carbocycles. The normalized spacial score (nSPS) is 11.1. The van der Waals surface area contributed by atoms with Gasteiger partial charge in [-0.3, -0.25) is 9.69 Å². The third kappa shape index (κ3) is 7.49. The lowest BCUT2D eigenvalue weighted by Crippen LogP contribution is -2.39. The van der Waals surface area contributed by atoms with Crippen LogP contribution in [0.5, 0.6) is 11.5 Å². The number of hydrogen-bond donors (Lipinski definition) is 0. The Balaban J connectivity index is 0.00000432. The zero-order valence-electron chi connectivity index (χ0n) is 21.4. The molecule has 0 atom stereocenters. The minimum Gasteiger partial charge on any atom is -0.495 e. The lowest BCUT2D eigenvalue weighted by Gasteiger charge is -2.24. The van der Waals surface area contributed by atoms with Crippen molar-refractivity contribution in [3.8, 4) is 11.5 Å². The van der Waals surface area contributed by atoms with Gasteiger partial charge in [-0.1, -0.05) is 51.2 Å². The third-order valence-corrected chi connectivity index (χ3v) is 7.72. The number of amides is 1. The zero-order valence-corrected chi connectivity index (χ0v) is 23.8. The van der Waals surface area contributed by atoms with Crippen LogP contribution in [0.2, 0.25) is 0 Å². The average molecular weight is 538 g/mol. The SMILES string of the molecule is CCN(CC)CCN(C(=O)Cc1ccc(SC(C)C)cc1)c1nc2c(OC)ccc(OC)c2s1.Cl. The van der Waals surface area contributed by atoms with E-state index < -0.39 is 0 Å². The second-order valence-corrected chi connectivity index (χ2v) is 10.8. The van der Waals surface area contributed by atoms with E-state index in [2.05, 4.69) is 56.9 Å². The number of hydrogen-bond acceptors (Lipinski definition) is 7. The summed E-state index contributed by atoms with van der Waals surface area (Å²) in [6.07, 6.45) is 0.328. The molecule has 6 nitrogen and oxygen atoms in total. The molecular formula is C26H36ClN3O3S2. The molecule has 3 aromatic rings. The average Bonchev–Trinajstić information content (AvgIpc) is 3.27. The summed E-state index contributed by atoms with van der Waals surface area (Å²) in [4.78, 5) is 23.7. The number of ether oxygens (including phenoxy) is 2. The van der Waals surface area contributed by atoms with Crippen LogP contribution >= 0.6 is 35.5 Å². The van der Waals surface area contributed by atoms with Crippen LogP contribution in [0.1, 0.15) is 33.3 Å². The van der Waals surface area contributed by atoms with Crippen molar-refractivity contribution in [1.29, 1.82) is 0 Å². The Morgan fingerprint density at radius 2 is 1.63 bits per heavy atom. The largest absolute Gasteiger partial charge is 0.495 e. The lowest BCUT2D eigenvalue weighted by molar-refractivity contribution is -0.118. The molecule has 0 aliphatic heterocycles. The molecule has 0 saturated heterocycles. The van der Waals surface area contributed by atoms with Crippen molar-refractivity contribution in [2.75, 3.05) is 45.3 Å². The fraction of sp³-hybridized carbons (Fsp3) is 0.462. The molecule has 0 radical (unpaired) electrons. The Morgan fingerprint density at radius 1 is 1.00 bits per heavy atom. The molecular weight excluding hydrogens is 502 g/mol. The van der Waals surface area contributed by atoms with Crippen molar-refractivity contribution >= 4 is 56.8 Å². The summed E-state index contributed by atoms with van der Waals surface area (Å²) in [5.74, 6) is 1.44. The van der Waals surface area contributed by atoms with Gasteiger partial charge in [0.15, 0.2) is 5.13 Å². The lowest BCUT2D eigenvalue weighted by atomic mass is 10.1. The number of thiazole rings is 1. The smallest absolute Gasteiger partial charge is 0.233 e. The quantitative estimate of drug-likeness (QED) is 0.258.